The van der Waals surface area contributed by atoms with Gasteiger partial charge >= 0.3 is 0 Å². The average Bonchev–Trinajstić information content (AvgIpc) is 2.67. The minimum absolute atomic E-state index is 0.288. The van der Waals surface area contributed by atoms with E-state index in [4.69, 9.17) is 11.6 Å². The molecular formula is C12H14ClN3S. The minimum atomic E-state index is 0.288. The van der Waals surface area contributed by atoms with E-state index < -0.39 is 0 Å². The first kappa shape index (κ1) is 12.3. The Morgan fingerprint density at radius 2 is 2.29 bits per heavy atom. The molecule has 17 heavy (non-hydrogen) atoms. The van der Waals surface area contributed by atoms with Crippen LogP contribution in [0.4, 0.5) is 5.82 Å². The van der Waals surface area contributed by atoms with Gasteiger partial charge in [0.2, 0.25) is 5.28 Å². The number of hydrogen-bond acceptors (Lipinski definition) is 4. The molecule has 1 unspecified atom stereocenters. The van der Waals surface area contributed by atoms with Crippen LogP contribution in [0.1, 0.15) is 17.5 Å². The summed E-state index contributed by atoms with van der Waals surface area (Å²) in [5.41, 5.74) is 0.871. The SMILES string of the molecule is Cc1cc(NC(C)Cc2cccs2)nc(Cl)n1. The summed E-state index contributed by atoms with van der Waals surface area (Å²) in [6, 6.07) is 6.43. The van der Waals surface area contributed by atoms with Gasteiger partial charge in [-0.05, 0) is 36.9 Å². The van der Waals surface area contributed by atoms with E-state index in [0.717, 1.165) is 17.9 Å². The molecule has 0 saturated heterocycles. The first-order valence-electron chi connectivity index (χ1n) is 5.43. The van der Waals surface area contributed by atoms with Crippen molar-refractivity contribution >= 4 is 28.8 Å². The zero-order valence-electron chi connectivity index (χ0n) is 9.77. The highest BCUT2D eigenvalue weighted by Gasteiger charge is 2.06. The third-order valence-electron chi connectivity index (χ3n) is 2.31. The summed E-state index contributed by atoms with van der Waals surface area (Å²) in [7, 11) is 0. The van der Waals surface area contributed by atoms with E-state index in [1.165, 1.54) is 4.88 Å². The molecule has 1 atom stereocenters. The Kier molecular flexibility index (Phi) is 3.97. The van der Waals surface area contributed by atoms with E-state index in [0.29, 0.717) is 6.04 Å². The molecule has 0 bridgehead atoms. The number of aromatic nitrogens is 2. The lowest BCUT2D eigenvalue weighted by Crippen LogP contribution is -2.18. The molecule has 2 aromatic heterocycles. The summed E-state index contributed by atoms with van der Waals surface area (Å²) in [4.78, 5) is 9.55. The minimum Gasteiger partial charge on any atom is -0.367 e. The lowest BCUT2D eigenvalue weighted by Gasteiger charge is -2.13. The Labute approximate surface area is 110 Å². The van der Waals surface area contributed by atoms with Gasteiger partial charge < -0.3 is 5.32 Å². The summed E-state index contributed by atoms with van der Waals surface area (Å²) in [6.07, 6.45) is 0.984. The molecule has 2 aromatic rings. The molecule has 1 N–H and O–H groups in total. The summed E-state index contributed by atoms with van der Waals surface area (Å²) in [6.45, 7) is 4.04. The van der Waals surface area contributed by atoms with E-state index in [1.54, 1.807) is 11.3 Å². The standard InChI is InChI=1S/C12H14ClN3S/c1-8(6-10-4-3-5-17-10)14-11-7-9(2)15-12(13)16-11/h3-5,7-8H,6H2,1-2H3,(H,14,15,16). The number of anilines is 1. The third-order valence-corrected chi connectivity index (χ3v) is 3.38. The molecule has 0 aliphatic rings. The molecule has 2 rings (SSSR count). The van der Waals surface area contributed by atoms with Crippen LogP contribution in [0.25, 0.3) is 0 Å². The molecule has 0 aromatic carbocycles. The van der Waals surface area contributed by atoms with Crippen molar-refractivity contribution in [3.8, 4) is 0 Å². The third kappa shape index (κ3) is 3.68. The number of rotatable bonds is 4. The quantitative estimate of drug-likeness (QED) is 0.861. The van der Waals surface area contributed by atoms with E-state index in [1.807, 2.05) is 13.0 Å². The lowest BCUT2D eigenvalue weighted by atomic mass is 10.2. The number of aryl methyl sites for hydroxylation is 1. The molecule has 2 heterocycles. The van der Waals surface area contributed by atoms with Crippen LogP contribution in [0, 0.1) is 6.92 Å². The number of thiophene rings is 1. The largest absolute Gasteiger partial charge is 0.367 e. The zero-order valence-corrected chi connectivity index (χ0v) is 11.3. The molecule has 5 heteroatoms. The van der Waals surface area contributed by atoms with Crippen LogP contribution in [0.15, 0.2) is 23.6 Å². The summed E-state index contributed by atoms with van der Waals surface area (Å²) >= 11 is 7.59. The summed E-state index contributed by atoms with van der Waals surface area (Å²) < 4.78 is 0. The molecule has 0 amide bonds. The number of nitrogens with zero attached hydrogens (tertiary/aromatic N) is 2. The number of hydrogen-bond donors (Lipinski definition) is 1. The van der Waals surface area contributed by atoms with Crippen molar-refractivity contribution < 1.29 is 0 Å². The van der Waals surface area contributed by atoms with Gasteiger partial charge in [-0.3, -0.25) is 0 Å². The van der Waals surface area contributed by atoms with Crippen LogP contribution in [-0.4, -0.2) is 16.0 Å². The van der Waals surface area contributed by atoms with Gasteiger partial charge in [0.05, 0.1) is 0 Å². The van der Waals surface area contributed by atoms with Gasteiger partial charge in [0.1, 0.15) is 5.82 Å². The van der Waals surface area contributed by atoms with Crippen molar-refractivity contribution in [1.29, 1.82) is 0 Å². The van der Waals surface area contributed by atoms with Crippen molar-refractivity contribution in [3.63, 3.8) is 0 Å². The van der Waals surface area contributed by atoms with Crippen molar-refractivity contribution in [2.75, 3.05) is 5.32 Å². The van der Waals surface area contributed by atoms with Gasteiger partial charge in [0.15, 0.2) is 0 Å². The second-order valence-electron chi connectivity index (χ2n) is 3.99. The van der Waals surface area contributed by atoms with Crippen molar-refractivity contribution in [2.24, 2.45) is 0 Å². The van der Waals surface area contributed by atoms with Gasteiger partial charge in [0.25, 0.3) is 0 Å². The maximum atomic E-state index is 5.82. The average molecular weight is 268 g/mol. The van der Waals surface area contributed by atoms with E-state index in [-0.39, 0.29) is 5.28 Å². The predicted molar refractivity (Wildman–Crippen MR) is 72.9 cm³/mol. The van der Waals surface area contributed by atoms with Gasteiger partial charge in [-0.1, -0.05) is 6.07 Å². The second kappa shape index (κ2) is 5.47. The maximum Gasteiger partial charge on any atom is 0.224 e. The van der Waals surface area contributed by atoms with E-state index in [9.17, 15) is 0 Å². The second-order valence-corrected chi connectivity index (χ2v) is 5.36. The molecule has 3 nitrogen and oxygen atoms in total. The maximum absolute atomic E-state index is 5.82. The molecule has 0 aliphatic heterocycles. The fourth-order valence-electron chi connectivity index (χ4n) is 1.64. The topological polar surface area (TPSA) is 37.8 Å². The summed E-state index contributed by atoms with van der Waals surface area (Å²) in [5, 5.41) is 5.71. The molecule has 0 saturated carbocycles. The van der Waals surface area contributed by atoms with Crippen molar-refractivity contribution in [2.45, 2.75) is 26.3 Å². The van der Waals surface area contributed by atoms with Gasteiger partial charge in [-0.15, -0.1) is 11.3 Å². The van der Waals surface area contributed by atoms with Crippen LogP contribution in [0.3, 0.4) is 0 Å². The fraction of sp³-hybridized carbons (Fsp3) is 0.333. The van der Waals surface area contributed by atoms with Gasteiger partial charge in [-0.25, -0.2) is 9.97 Å². The van der Waals surface area contributed by atoms with Crippen LogP contribution in [-0.2, 0) is 6.42 Å². The van der Waals surface area contributed by atoms with Crippen LogP contribution in [0.5, 0.6) is 0 Å². The smallest absolute Gasteiger partial charge is 0.224 e. The van der Waals surface area contributed by atoms with Crippen LogP contribution >= 0.6 is 22.9 Å². The number of nitrogens with one attached hydrogen (secondary N) is 1. The van der Waals surface area contributed by atoms with Gasteiger partial charge in [0, 0.05) is 29.1 Å². The zero-order chi connectivity index (χ0) is 12.3. The molecule has 0 radical (unpaired) electrons. The highest BCUT2D eigenvalue weighted by molar-refractivity contribution is 7.09. The Morgan fingerprint density at radius 3 is 2.94 bits per heavy atom. The normalized spacial score (nSPS) is 12.4. The lowest BCUT2D eigenvalue weighted by molar-refractivity contribution is 0.792. The fourth-order valence-corrected chi connectivity index (χ4v) is 2.70. The Bertz CT molecular complexity index is 464. The van der Waals surface area contributed by atoms with E-state index in [2.05, 4.69) is 39.7 Å². The first-order chi connectivity index (χ1) is 8.13. The Hall–Kier alpha value is -1.13. The van der Waals surface area contributed by atoms with Crippen LogP contribution in [0.2, 0.25) is 5.28 Å². The first-order valence-corrected chi connectivity index (χ1v) is 6.69. The highest BCUT2D eigenvalue weighted by atomic mass is 35.5. The molecule has 0 aliphatic carbocycles. The monoisotopic (exact) mass is 267 g/mol. The van der Waals surface area contributed by atoms with Crippen molar-refractivity contribution in [3.05, 3.63) is 39.4 Å². The molecule has 90 valence electrons. The highest BCUT2D eigenvalue weighted by Crippen LogP contribution is 2.15. The van der Waals surface area contributed by atoms with Gasteiger partial charge in [-0.2, -0.15) is 0 Å². The van der Waals surface area contributed by atoms with E-state index >= 15 is 0 Å². The molecular weight excluding hydrogens is 254 g/mol. The predicted octanol–water partition coefficient (Wildman–Crippen LogP) is 3.54. The molecule has 0 fully saturated rings. The Balaban J connectivity index is 2.00. The Morgan fingerprint density at radius 1 is 1.47 bits per heavy atom. The number of halogens is 1. The summed E-state index contributed by atoms with van der Waals surface area (Å²) in [5.74, 6) is 0.784. The molecule has 0 spiro atoms. The van der Waals surface area contributed by atoms with Crippen LogP contribution < -0.4 is 5.32 Å². The van der Waals surface area contributed by atoms with Crippen molar-refractivity contribution in [1.82, 2.24) is 9.97 Å².